The summed E-state index contributed by atoms with van der Waals surface area (Å²) in [6.45, 7) is 1.75. The lowest BCUT2D eigenvalue weighted by molar-refractivity contribution is -0.115. The molecule has 0 aliphatic heterocycles. The van der Waals surface area contributed by atoms with Crippen molar-refractivity contribution in [3.8, 4) is 23.3 Å². The lowest BCUT2D eigenvalue weighted by Gasteiger charge is -2.09. The number of nitriles is 1. The summed E-state index contributed by atoms with van der Waals surface area (Å²) in [5, 5.41) is 19.5. The first-order valence-corrected chi connectivity index (χ1v) is 8.92. The molecular formula is C19H16N4O3S. The molecule has 2 aromatic carbocycles. The minimum atomic E-state index is -0.440. The Bertz CT molecular complexity index is 962. The molecule has 1 N–H and O–H groups in total. The van der Waals surface area contributed by atoms with Gasteiger partial charge in [-0.3, -0.25) is 4.79 Å². The minimum absolute atomic E-state index is 0.200. The van der Waals surface area contributed by atoms with E-state index in [-0.39, 0.29) is 5.91 Å². The van der Waals surface area contributed by atoms with Crippen LogP contribution in [0.5, 0.6) is 5.75 Å². The van der Waals surface area contributed by atoms with E-state index >= 15 is 0 Å². The maximum atomic E-state index is 12.3. The van der Waals surface area contributed by atoms with Crippen molar-refractivity contribution >= 4 is 23.4 Å². The zero-order valence-corrected chi connectivity index (χ0v) is 15.5. The fraction of sp³-hybridized carbons (Fsp3) is 0.158. The van der Waals surface area contributed by atoms with Crippen molar-refractivity contribution in [1.82, 2.24) is 10.2 Å². The third-order valence-corrected chi connectivity index (χ3v) is 4.61. The zero-order chi connectivity index (χ0) is 19.2. The van der Waals surface area contributed by atoms with Crippen molar-refractivity contribution in [2.75, 3.05) is 12.4 Å². The Labute approximate surface area is 160 Å². The third kappa shape index (κ3) is 4.65. The second-order valence-corrected chi connectivity index (χ2v) is 6.83. The smallest absolute Gasteiger partial charge is 0.277 e. The third-order valence-electron chi connectivity index (χ3n) is 3.67. The van der Waals surface area contributed by atoms with Gasteiger partial charge in [0, 0.05) is 11.3 Å². The van der Waals surface area contributed by atoms with Crippen LogP contribution < -0.4 is 10.1 Å². The summed E-state index contributed by atoms with van der Waals surface area (Å²) in [6, 6.07) is 15.9. The predicted octanol–water partition coefficient (Wildman–Crippen LogP) is 3.74. The summed E-state index contributed by atoms with van der Waals surface area (Å²) in [5.74, 6) is 0.912. The van der Waals surface area contributed by atoms with Gasteiger partial charge in [0.2, 0.25) is 11.8 Å². The number of rotatable bonds is 6. The Morgan fingerprint density at radius 1 is 1.19 bits per heavy atom. The average molecular weight is 380 g/mol. The quantitative estimate of drug-likeness (QED) is 0.650. The number of nitrogens with one attached hydrogen (secondary N) is 1. The SMILES string of the molecule is COc1ccc(-c2nnc(SC(C)C(=O)Nc3ccc(C#N)cc3)o2)cc1. The summed E-state index contributed by atoms with van der Waals surface area (Å²) in [6.07, 6.45) is 0. The highest BCUT2D eigenvalue weighted by atomic mass is 32.2. The highest BCUT2D eigenvalue weighted by Crippen LogP contribution is 2.27. The lowest BCUT2D eigenvalue weighted by Crippen LogP contribution is -2.22. The number of carbonyl (C=O) groups is 1. The number of nitrogens with zero attached hydrogens (tertiary/aromatic N) is 3. The van der Waals surface area contributed by atoms with Gasteiger partial charge in [-0.15, -0.1) is 10.2 Å². The summed E-state index contributed by atoms with van der Waals surface area (Å²) in [4.78, 5) is 12.3. The number of carbonyl (C=O) groups excluding carboxylic acids is 1. The van der Waals surface area contributed by atoms with Crippen LogP contribution in [0.2, 0.25) is 0 Å². The van der Waals surface area contributed by atoms with Gasteiger partial charge in [0.05, 0.1) is 24.0 Å². The van der Waals surface area contributed by atoms with Crippen LogP contribution in [-0.2, 0) is 4.79 Å². The van der Waals surface area contributed by atoms with Gasteiger partial charge in [0.15, 0.2) is 0 Å². The Morgan fingerprint density at radius 3 is 2.52 bits per heavy atom. The Balaban J connectivity index is 1.61. The van der Waals surface area contributed by atoms with Gasteiger partial charge in [-0.1, -0.05) is 11.8 Å². The number of ether oxygens (including phenoxy) is 1. The molecule has 0 bridgehead atoms. The second kappa shape index (κ2) is 8.38. The van der Waals surface area contributed by atoms with E-state index in [1.807, 2.05) is 18.2 Å². The van der Waals surface area contributed by atoms with Gasteiger partial charge in [0.25, 0.3) is 5.22 Å². The van der Waals surface area contributed by atoms with Crippen molar-refractivity contribution < 1.29 is 13.9 Å². The van der Waals surface area contributed by atoms with Crippen molar-refractivity contribution in [3.05, 3.63) is 54.1 Å². The van der Waals surface area contributed by atoms with E-state index in [0.29, 0.717) is 22.4 Å². The zero-order valence-electron chi connectivity index (χ0n) is 14.7. The molecular weight excluding hydrogens is 364 g/mol. The van der Waals surface area contributed by atoms with Gasteiger partial charge in [-0.05, 0) is 55.5 Å². The Hall–Kier alpha value is -3.31. The van der Waals surface area contributed by atoms with E-state index in [1.54, 1.807) is 50.4 Å². The molecule has 3 aromatic rings. The molecule has 0 aliphatic carbocycles. The number of anilines is 1. The molecule has 3 rings (SSSR count). The topological polar surface area (TPSA) is 101 Å². The molecule has 136 valence electrons. The molecule has 0 fully saturated rings. The van der Waals surface area contributed by atoms with E-state index in [2.05, 4.69) is 15.5 Å². The molecule has 0 radical (unpaired) electrons. The second-order valence-electron chi connectivity index (χ2n) is 5.54. The number of amides is 1. The number of benzene rings is 2. The van der Waals surface area contributed by atoms with Crippen LogP contribution in [0.25, 0.3) is 11.5 Å². The van der Waals surface area contributed by atoms with Crippen molar-refractivity contribution in [3.63, 3.8) is 0 Å². The number of aromatic nitrogens is 2. The number of thioether (sulfide) groups is 1. The van der Waals surface area contributed by atoms with Crippen molar-refractivity contribution in [2.24, 2.45) is 0 Å². The molecule has 7 nitrogen and oxygen atoms in total. The Morgan fingerprint density at radius 2 is 1.89 bits per heavy atom. The molecule has 27 heavy (non-hydrogen) atoms. The number of methoxy groups -OCH3 is 1. The molecule has 1 heterocycles. The number of hydrogen-bond acceptors (Lipinski definition) is 7. The fourth-order valence-electron chi connectivity index (χ4n) is 2.18. The normalized spacial score (nSPS) is 11.4. The molecule has 1 unspecified atom stereocenters. The summed E-state index contributed by atoms with van der Waals surface area (Å²) in [7, 11) is 1.60. The van der Waals surface area contributed by atoms with Gasteiger partial charge in [0.1, 0.15) is 5.75 Å². The van der Waals surface area contributed by atoms with Gasteiger partial charge >= 0.3 is 0 Å². The monoisotopic (exact) mass is 380 g/mol. The van der Waals surface area contributed by atoms with Crippen LogP contribution >= 0.6 is 11.8 Å². The minimum Gasteiger partial charge on any atom is -0.497 e. The van der Waals surface area contributed by atoms with Crippen LogP contribution in [0.1, 0.15) is 12.5 Å². The van der Waals surface area contributed by atoms with Crippen LogP contribution in [0.15, 0.2) is 58.2 Å². The molecule has 0 aliphatic rings. The van der Waals surface area contributed by atoms with Crippen molar-refractivity contribution in [2.45, 2.75) is 17.4 Å². The lowest BCUT2D eigenvalue weighted by atomic mass is 10.2. The van der Waals surface area contributed by atoms with E-state index in [4.69, 9.17) is 14.4 Å². The summed E-state index contributed by atoms with van der Waals surface area (Å²) in [5.41, 5.74) is 1.92. The Kier molecular flexibility index (Phi) is 5.74. The first-order chi connectivity index (χ1) is 13.1. The highest BCUT2D eigenvalue weighted by molar-refractivity contribution is 8.00. The molecule has 0 saturated carbocycles. The maximum Gasteiger partial charge on any atom is 0.277 e. The number of hydrogen-bond donors (Lipinski definition) is 1. The molecule has 0 spiro atoms. The van der Waals surface area contributed by atoms with Crippen LogP contribution in [0.3, 0.4) is 0 Å². The molecule has 1 aromatic heterocycles. The predicted molar refractivity (Wildman–Crippen MR) is 101 cm³/mol. The molecule has 8 heteroatoms. The van der Waals surface area contributed by atoms with E-state index in [9.17, 15) is 4.79 Å². The first kappa shape index (κ1) is 18.5. The van der Waals surface area contributed by atoms with Crippen molar-refractivity contribution in [1.29, 1.82) is 5.26 Å². The van der Waals surface area contributed by atoms with Crippen LogP contribution in [0, 0.1) is 11.3 Å². The van der Waals surface area contributed by atoms with E-state index < -0.39 is 5.25 Å². The van der Waals surface area contributed by atoms with E-state index in [1.165, 1.54) is 11.8 Å². The van der Waals surface area contributed by atoms with Gasteiger partial charge in [-0.25, -0.2) is 0 Å². The molecule has 1 amide bonds. The average Bonchev–Trinajstić information content (AvgIpc) is 3.17. The van der Waals surface area contributed by atoms with Crippen LogP contribution in [0.4, 0.5) is 5.69 Å². The summed E-state index contributed by atoms with van der Waals surface area (Å²) < 4.78 is 10.7. The van der Waals surface area contributed by atoms with Crippen LogP contribution in [-0.4, -0.2) is 28.5 Å². The summed E-state index contributed by atoms with van der Waals surface area (Å²) >= 11 is 1.17. The van der Waals surface area contributed by atoms with Gasteiger partial charge in [-0.2, -0.15) is 5.26 Å². The highest BCUT2D eigenvalue weighted by Gasteiger charge is 2.19. The maximum absolute atomic E-state index is 12.3. The largest absolute Gasteiger partial charge is 0.497 e. The fourth-order valence-corrected chi connectivity index (χ4v) is 2.87. The first-order valence-electron chi connectivity index (χ1n) is 8.04. The van der Waals surface area contributed by atoms with Gasteiger partial charge < -0.3 is 14.5 Å². The van der Waals surface area contributed by atoms with E-state index in [0.717, 1.165) is 11.3 Å². The standard InChI is InChI=1S/C19H16N4O3S/c1-12(17(24)21-15-7-3-13(11-20)4-8-15)27-19-23-22-18(26-19)14-5-9-16(25-2)10-6-14/h3-10,12H,1-2H3,(H,21,24). The molecule has 1 atom stereocenters. The molecule has 0 saturated heterocycles.